The zero-order valence-corrected chi connectivity index (χ0v) is 8.81. The summed E-state index contributed by atoms with van der Waals surface area (Å²) in [5, 5.41) is 2.94. The Hall–Kier alpha value is -1.57. The summed E-state index contributed by atoms with van der Waals surface area (Å²) in [5.74, 6) is 0.463. The van der Waals surface area contributed by atoms with Crippen LogP contribution in [0.3, 0.4) is 0 Å². The number of carbonyl (C=O) groups excluding carboxylic acids is 1. The molecule has 2 aliphatic rings. The van der Waals surface area contributed by atoms with Crippen LogP contribution < -0.4 is 5.32 Å². The minimum Gasteiger partial charge on any atom is -0.350 e. The molecule has 1 amide bonds. The normalized spacial score (nSPS) is 27.9. The van der Waals surface area contributed by atoms with E-state index in [-0.39, 0.29) is 11.9 Å². The average Bonchev–Trinajstić information content (AvgIpc) is 2.38. The van der Waals surface area contributed by atoms with E-state index in [2.05, 4.69) is 41.8 Å². The zero-order chi connectivity index (χ0) is 10.7. The van der Waals surface area contributed by atoms with Crippen LogP contribution in [0.5, 0.6) is 0 Å². The number of nitrogens with one attached hydrogen (secondary N) is 1. The highest BCUT2D eigenvalue weighted by molar-refractivity contribution is 5.73. The molecule has 2 unspecified atom stereocenters. The minimum atomic E-state index is 0.0310. The van der Waals surface area contributed by atoms with Crippen LogP contribution in [0.4, 0.5) is 0 Å². The quantitative estimate of drug-likeness (QED) is 0.691. The maximum absolute atomic E-state index is 11.0. The maximum atomic E-state index is 11.0. The summed E-state index contributed by atoms with van der Waals surface area (Å²) < 4.78 is 0. The molecule has 1 N–H and O–H groups in total. The lowest BCUT2D eigenvalue weighted by molar-refractivity contribution is -0.119. The van der Waals surface area contributed by atoms with Crippen molar-refractivity contribution >= 4 is 5.91 Å². The Morgan fingerprint density at radius 2 is 2.20 bits per heavy atom. The molecule has 15 heavy (non-hydrogen) atoms. The van der Waals surface area contributed by atoms with Gasteiger partial charge in [0, 0.05) is 18.9 Å². The second-order valence-electron chi connectivity index (χ2n) is 3.94. The summed E-state index contributed by atoms with van der Waals surface area (Å²) in [6, 6.07) is 0.150. The van der Waals surface area contributed by atoms with Gasteiger partial charge in [-0.1, -0.05) is 42.5 Å². The minimum absolute atomic E-state index is 0.0310. The maximum Gasteiger partial charge on any atom is 0.217 e. The molecule has 0 aliphatic heterocycles. The zero-order valence-electron chi connectivity index (χ0n) is 8.81. The fraction of sp³-hybridized carbons (Fsp3) is 0.308. The first-order valence-electron chi connectivity index (χ1n) is 5.26. The van der Waals surface area contributed by atoms with Crippen molar-refractivity contribution in [2.75, 3.05) is 0 Å². The average molecular weight is 201 g/mol. The van der Waals surface area contributed by atoms with E-state index in [1.54, 1.807) is 6.92 Å². The van der Waals surface area contributed by atoms with Crippen LogP contribution >= 0.6 is 0 Å². The highest BCUT2D eigenvalue weighted by Crippen LogP contribution is 2.26. The molecule has 0 radical (unpaired) electrons. The smallest absolute Gasteiger partial charge is 0.217 e. The summed E-state index contributed by atoms with van der Waals surface area (Å²) in [4.78, 5) is 11.0. The van der Waals surface area contributed by atoms with E-state index in [0.29, 0.717) is 5.92 Å². The largest absolute Gasteiger partial charge is 0.350 e. The Bertz CT molecular complexity index is 374. The van der Waals surface area contributed by atoms with E-state index in [1.807, 2.05) is 6.08 Å². The van der Waals surface area contributed by atoms with Crippen molar-refractivity contribution in [3.05, 3.63) is 48.1 Å². The Labute approximate surface area is 90.1 Å². The van der Waals surface area contributed by atoms with E-state index < -0.39 is 0 Å². The third-order valence-corrected chi connectivity index (χ3v) is 2.70. The van der Waals surface area contributed by atoms with Crippen molar-refractivity contribution in [2.24, 2.45) is 5.92 Å². The van der Waals surface area contributed by atoms with Crippen molar-refractivity contribution in [3.8, 4) is 0 Å². The van der Waals surface area contributed by atoms with Crippen LogP contribution in [-0.2, 0) is 4.79 Å². The van der Waals surface area contributed by atoms with Crippen LogP contribution in [-0.4, -0.2) is 11.9 Å². The second-order valence-corrected chi connectivity index (χ2v) is 3.94. The van der Waals surface area contributed by atoms with Gasteiger partial charge in [0.15, 0.2) is 0 Å². The molecule has 2 aliphatic carbocycles. The third-order valence-electron chi connectivity index (χ3n) is 2.70. The van der Waals surface area contributed by atoms with Gasteiger partial charge in [-0.3, -0.25) is 4.79 Å². The van der Waals surface area contributed by atoms with E-state index in [1.165, 1.54) is 5.57 Å². The van der Waals surface area contributed by atoms with Crippen molar-refractivity contribution in [1.29, 1.82) is 0 Å². The summed E-state index contributed by atoms with van der Waals surface area (Å²) >= 11 is 0. The molecule has 0 saturated carbocycles. The number of allylic oxidation sites excluding steroid dienone is 7. The summed E-state index contributed by atoms with van der Waals surface area (Å²) in [7, 11) is 0. The predicted molar refractivity (Wildman–Crippen MR) is 61.2 cm³/mol. The lowest BCUT2D eigenvalue weighted by atomic mass is 9.90. The molecule has 0 saturated heterocycles. The van der Waals surface area contributed by atoms with Gasteiger partial charge in [0.25, 0.3) is 0 Å². The van der Waals surface area contributed by atoms with E-state index in [0.717, 1.165) is 6.42 Å². The molecular weight excluding hydrogens is 186 g/mol. The number of fused-ring (bicyclic) bond motifs is 1. The Balaban J connectivity index is 2.10. The van der Waals surface area contributed by atoms with Gasteiger partial charge < -0.3 is 5.32 Å². The van der Waals surface area contributed by atoms with Crippen molar-refractivity contribution in [1.82, 2.24) is 5.32 Å². The fourth-order valence-corrected chi connectivity index (χ4v) is 2.01. The Morgan fingerprint density at radius 1 is 1.33 bits per heavy atom. The van der Waals surface area contributed by atoms with E-state index in [9.17, 15) is 4.79 Å². The number of hydrogen-bond donors (Lipinski definition) is 1. The predicted octanol–water partition coefficient (Wildman–Crippen LogP) is 2.12. The van der Waals surface area contributed by atoms with E-state index >= 15 is 0 Å². The van der Waals surface area contributed by atoms with Gasteiger partial charge in [-0.15, -0.1) is 0 Å². The molecule has 2 nitrogen and oxygen atoms in total. The molecule has 0 spiro atoms. The molecule has 0 aromatic rings. The highest BCUT2D eigenvalue weighted by atomic mass is 16.1. The SMILES string of the molecule is CC(=O)NC1C=CC=C2C=CC=CC2C1. The van der Waals surface area contributed by atoms with Crippen LogP contribution in [0.25, 0.3) is 0 Å². The molecule has 0 aromatic carbocycles. The molecular formula is C13H15NO. The first-order valence-corrected chi connectivity index (χ1v) is 5.26. The second kappa shape index (κ2) is 4.30. The van der Waals surface area contributed by atoms with Gasteiger partial charge in [0.05, 0.1) is 0 Å². The lowest BCUT2D eigenvalue weighted by Crippen LogP contribution is -2.32. The van der Waals surface area contributed by atoms with Crippen molar-refractivity contribution < 1.29 is 4.79 Å². The first-order chi connectivity index (χ1) is 7.25. The number of carbonyl (C=O) groups is 1. The fourth-order valence-electron chi connectivity index (χ4n) is 2.01. The Kier molecular flexibility index (Phi) is 2.86. The van der Waals surface area contributed by atoms with Gasteiger partial charge in [-0.25, -0.2) is 0 Å². The van der Waals surface area contributed by atoms with E-state index in [4.69, 9.17) is 0 Å². The van der Waals surface area contributed by atoms with Crippen molar-refractivity contribution in [3.63, 3.8) is 0 Å². The third kappa shape index (κ3) is 2.46. The van der Waals surface area contributed by atoms with Crippen LogP contribution in [0.15, 0.2) is 48.1 Å². The summed E-state index contributed by atoms with van der Waals surface area (Å²) in [6.45, 7) is 1.56. The number of amides is 1. The van der Waals surface area contributed by atoms with Crippen LogP contribution in [0.1, 0.15) is 13.3 Å². The topological polar surface area (TPSA) is 29.1 Å². The number of hydrogen-bond acceptors (Lipinski definition) is 1. The van der Waals surface area contributed by atoms with Crippen LogP contribution in [0.2, 0.25) is 0 Å². The Morgan fingerprint density at radius 3 is 3.00 bits per heavy atom. The highest BCUT2D eigenvalue weighted by Gasteiger charge is 2.18. The lowest BCUT2D eigenvalue weighted by Gasteiger charge is -2.20. The molecule has 0 heterocycles. The van der Waals surface area contributed by atoms with Gasteiger partial charge in [0.2, 0.25) is 5.91 Å². The summed E-state index contributed by atoms with van der Waals surface area (Å²) in [5.41, 5.74) is 1.32. The van der Waals surface area contributed by atoms with Gasteiger partial charge in [-0.05, 0) is 12.0 Å². The monoisotopic (exact) mass is 201 g/mol. The van der Waals surface area contributed by atoms with Crippen LogP contribution in [0, 0.1) is 5.92 Å². The summed E-state index contributed by atoms with van der Waals surface area (Å²) in [6.07, 6.45) is 15.6. The number of rotatable bonds is 1. The molecule has 0 fully saturated rings. The molecule has 0 aromatic heterocycles. The molecule has 78 valence electrons. The first kappa shape index (κ1) is 9.97. The molecule has 2 atom stereocenters. The van der Waals surface area contributed by atoms with Gasteiger partial charge in [0.1, 0.15) is 0 Å². The molecule has 2 rings (SSSR count). The van der Waals surface area contributed by atoms with Gasteiger partial charge in [-0.2, -0.15) is 0 Å². The van der Waals surface area contributed by atoms with Gasteiger partial charge >= 0.3 is 0 Å². The molecule has 2 heteroatoms. The standard InChI is InChI=1S/C13H15NO/c1-10(15)14-13-8-4-7-11-5-2-3-6-12(11)9-13/h2-8,12-13H,9H2,1H3,(H,14,15). The van der Waals surface area contributed by atoms with Crippen molar-refractivity contribution in [2.45, 2.75) is 19.4 Å². The molecule has 0 bridgehead atoms.